The van der Waals surface area contributed by atoms with Crippen LogP contribution in [0.1, 0.15) is 174 Å². The van der Waals surface area contributed by atoms with E-state index in [0.717, 1.165) is 38.5 Å². The van der Waals surface area contributed by atoms with Gasteiger partial charge in [-0.05, 0) is 12.8 Å². The minimum atomic E-state index is -0.873. The van der Waals surface area contributed by atoms with Crippen LogP contribution in [0, 0.1) is 0 Å². The molecule has 0 fully saturated rings. The van der Waals surface area contributed by atoms with Gasteiger partial charge >= 0.3 is 17.9 Å². The molecular formula is C38H74NO7+. The number of rotatable bonds is 34. The highest BCUT2D eigenvalue weighted by atomic mass is 16.6. The Kier molecular flexibility index (Phi) is 29.5. The first kappa shape index (κ1) is 44.3. The summed E-state index contributed by atoms with van der Waals surface area (Å²) in [7, 11) is 5.52. The first-order valence-corrected chi connectivity index (χ1v) is 19.1. The van der Waals surface area contributed by atoms with Gasteiger partial charge in [0.1, 0.15) is 6.61 Å². The van der Waals surface area contributed by atoms with Crippen LogP contribution in [0.4, 0.5) is 0 Å². The minimum Gasteiger partial charge on any atom is -0.477 e. The van der Waals surface area contributed by atoms with Crippen molar-refractivity contribution in [2.24, 2.45) is 0 Å². The zero-order chi connectivity index (χ0) is 34.3. The van der Waals surface area contributed by atoms with E-state index in [4.69, 9.17) is 14.2 Å². The second-order valence-electron chi connectivity index (χ2n) is 14.2. The van der Waals surface area contributed by atoms with Crippen LogP contribution < -0.4 is 0 Å². The Morgan fingerprint density at radius 1 is 0.565 bits per heavy atom. The largest absolute Gasteiger partial charge is 0.477 e. The number of carbonyl (C=O) groups is 3. The van der Waals surface area contributed by atoms with Crippen molar-refractivity contribution in [3.63, 3.8) is 0 Å². The first-order valence-electron chi connectivity index (χ1n) is 19.1. The van der Waals surface area contributed by atoms with Gasteiger partial charge in [0.2, 0.25) is 0 Å². The number of unbranched alkanes of at least 4 members (excludes halogenated alkanes) is 20. The lowest BCUT2D eigenvalue weighted by molar-refractivity contribution is -0.887. The molecule has 0 saturated carbocycles. The van der Waals surface area contributed by atoms with Gasteiger partial charge < -0.3 is 23.8 Å². The number of quaternary nitrogens is 1. The molecule has 0 aromatic rings. The molecule has 0 rings (SSSR count). The Morgan fingerprint density at radius 3 is 1.35 bits per heavy atom. The second kappa shape index (κ2) is 30.7. The van der Waals surface area contributed by atoms with Gasteiger partial charge in [-0.25, -0.2) is 4.79 Å². The van der Waals surface area contributed by atoms with Crippen LogP contribution in [0.15, 0.2) is 0 Å². The lowest BCUT2D eigenvalue weighted by atomic mass is 10.0. The van der Waals surface area contributed by atoms with Gasteiger partial charge in [-0.1, -0.05) is 142 Å². The Labute approximate surface area is 283 Å². The molecule has 2 unspecified atom stereocenters. The highest BCUT2D eigenvalue weighted by Gasteiger charge is 2.31. The molecule has 2 atom stereocenters. The smallest absolute Gasteiger partial charge is 0.362 e. The highest BCUT2D eigenvalue weighted by molar-refractivity contribution is 5.72. The topological polar surface area (TPSA) is 99.1 Å². The Morgan fingerprint density at radius 2 is 0.957 bits per heavy atom. The van der Waals surface area contributed by atoms with Crippen molar-refractivity contribution in [1.82, 2.24) is 0 Å². The number of ether oxygens (including phenoxy) is 3. The number of carboxylic acid groups (broad SMARTS) is 1. The van der Waals surface area contributed by atoms with Gasteiger partial charge in [-0.3, -0.25) is 9.59 Å². The van der Waals surface area contributed by atoms with Crippen molar-refractivity contribution in [3.05, 3.63) is 0 Å². The fraction of sp³-hybridized carbons (Fsp3) is 0.921. The van der Waals surface area contributed by atoms with Crippen molar-refractivity contribution in [2.45, 2.75) is 187 Å². The molecule has 0 amide bonds. The van der Waals surface area contributed by atoms with Gasteiger partial charge in [0.25, 0.3) is 0 Å². The predicted molar refractivity (Wildman–Crippen MR) is 188 cm³/mol. The molecule has 0 aliphatic carbocycles. The average molecular weight is 657 g/mol. The summed E-state index contributed by atoms with van der Waals surface area (Å²) in [6.07, 6.45) is 27.2. The van der Waals surface area contributed by atoms with Crippen molar-refractivity contribution in [2.75, 3.05) is 41.0 Å². The quantitative estimate of drug-likeness (QED) is 0.0418. The van der Waals surface area contributed by atoms with Crippen LogP contribution in [0.2, 0.25) is 0 Å². The number of carboxylic acids is 1. The highest BCUT2D eigenvalue weighted by Crippen LogP contribution is 2.15. The summed E-state index contributed by atoms with van der Waals surface area (Å²) in [5.74, 6) is -1.46. The van der Waals surface area contributed by atoms with Crippen molar-refractivity contribution < 1.29 is 38.2 Å². The summed E-state index contributed by atoms with van der Waals surface area (Å²) < 4.78 is 17.1. The summed E-state index contributed by atoms with van der Waals surface area (Å²) in [6.45, 7) is 4.70. The van der Waals surface area contributed by atoms with E-state index in [0.29, 0.717) is 19.3 Å². The van der Waals surface area contributed by atoms with Crippen LogP contribution in [0.5, 0.6) is 0 Å². The van der Waals surface area contributed by atoms with E-state index < -0.39 is 18.1 Å². The van der Waals surface area contributed by atoms with E-state index in [-0.39, 0.29) is 36.2 Å². The lowest BCUT2D eigenvalue weighted by Crippen LogP contribution is -2.50. The molecule has 46 heavy (non-hydrogen) atoms. The molecule has 0 bridgehead atoms. The molecule has 0 heterocycles. The van der Waals surface area contributed by atoms with Gasteiger partial charge in [-0.2, -0.15) is 0 Å². The zero-order valence-corrected chi connectivity index (χ0v) is 30.8. The third-order valence-corrected chi connectivity index (χ3v) is 8.76. The Hall–Kier alpha value is -1.67. The third-order valence-electron chi connectivity index (χ3n) is 8.76. The van der Waals surface area contributed by atoms with Crippen LogP contribution in [-0.4, -0.2) is 80.6 Å². The van der Waals surface area contributed by atoms with E-state index in [2.05, 4.69) is 13.8 Å². The second-order valence-corrected chi connectivity index (χ2v) is 14.2. The van der Waals surface area contributed by atoms with E-state index in [1.165, 1.54) is 103 Å². The maximum Gasteiger partial charge on any atom is 0.362 e. The molecule has 0 radical (unpaired) electrons. The molecule has 0 spiro atoms. The molecular weight excluding hydrogens is 582 g/mol. The number of hydrogen-bond donors (Lipinski definition) is 1. The minimum absolute atomic E-state index is 0.0440. The summed E-state index contributed by atoms with van der Waals surface area (Å²) >= 11 is 0. The summed E-state index contributed by atoms with van der Waals surface area (Å²) in [5.41, 5.74) is 0. The van der Waals surface area contributed by atoms with Gasteiger partial charge in [0.15, 0.2) is 12.1 Å². The molecule has 0 aromatic carbocycles. The number of likely N-dealkylation sites (N-methyl/N-ethyl adjacent to an activating group) is 1. The van der Waals surface area contributed by atoms with Crippen molar-refractivity contribution in [1.29, 1.82) is 0 Å². The van der Waals surface area contributed by atoms with E-state index >= 15 is 0 Å². The molecule has 0 aromatic heterocycles. The average Bonchev–Trinajstić information content (AvgIpc) is 3.00. The number of carbonyl (C=O) groups excluding carboxylic acids is 2. The van der Waals surface area contributed by atoms with E-state index in [9.17, 15) is 19.5 Å². The monoisotopic (exact) mass is 657 g/mol. The molecule has 0 aliphatic heterocycles. The van der Waals surface area contributed by atoms with Gasteiger partial charge in [-0.15, -0.1) is 0 Å². The number of nitrogens with zero attached hydrogens (tertiary/aromatic N) is 1. The molecule has 1 N–H and O–H groups in total. The van der Waals surface area contributed by atoms with Crippen molar-refractivity contribution in [3.8, 4) is 0 Å². The molecule has 8 nitrogen and oxygen atoms in total. The SMILES string of the molecule is CCCCCCCCCCCCCCCCCC(=O)OC(COCCC(C(=O)O)[N+](C)(C)C)COC(=O)CCCCCCCCC. The standard InChI is InChI=1S/C38H73NO7/c1-6-8-10-12-14-15-16-17-18-19-20-21-23-25-27-29-37(41)46-34(32-44-31-30-35(38(42)43)39(3,4)5)33-45-36(40)28-26-24-22-13-11-9-7-2/h34-35H,6-33H2,1-5H3/p+1. The predicted octanol–water partition coefficient (Wildman–Crippen LogP) is 9.41. The summed E-state index contributed by atoms with van der Waals surface area (Å²) in [4.78, 5) is 36.6. The summed E-state index contributed by atoms with van der Waals surface area (Å²) in [6, 6.07) is -0.606. The van der Waals surface area contributed by atoms with Gasteiger partial charge in [0, 0.05) is 19.3 Å². The number of aliphatic carboxylic acids is 1. The Bertz CT molecular complexity index is 737. The maximum absolute atomic E-state index is 12.6. The molecule has 0 aliphatic rings. The zero-order valence-electron chi connectivity index (χ0n) is 30.8. The van der Waals surface area contributed by atoms with Crippen LogP contribution in [0.3, 0.4) is 0 Å². The van der Waals surface area contributed by atoms with Crippen molar-refractivity contribution >= 4 is 17.9 Å². The molecule has 0 saturated heterocycles. The molecule has 272 valence electrons. The van der Waals surface area contributed by atoms with E-state index in [1.54, 1.807) is 0 Å². The van der Waals surface area contributed by atoms with Gasteiger partial charge in [0.05, 0.1) is 34.4 Å². The van der Waals surface area contributed by atoms with Crippen LogP contribution >= 0.6 is 0 Å². The van der Waals surface area contributed by atoms with Crippen LogP contribution in [-0.2, 0) is 28.6 Å². The maximum atomic E-state index is 12.6. The van der Waals surface area contributed by atoms with E-state index in [1.807, 2.05) is 21.1 Å². The fourth-order valence-corrected chi connectivity index (χ4v) is 5.74. The lowest BCUT2D eigenvalue weighted by Gasteiger charge is -2.31. The van der Waals surface area contributed by atoms with Crippen LogP contribution in [0.25, 0.3) is 0 Å². The normalized spacial score (nSPS) is 13.0. The molecule has 8 heteroatoms. The first-order chi connectivity index (χ1) is 22.1. The summed E-state index contributed by atoms with van der Waals surface area (Å²) in [5, 5.41) is 9.56. The number of esters is 2. The fourth-order valence-electron chi connectivity index (χ4n) is 5.74. The number of hydrogen-bond acceptors (Lipinski definition) is 6. The third kappa shape index (κ3) is 28.5. The Balaban J connectivity index is 4.33.